The lowest BCUT2D eigenvalue weighted by Gasteiger charge is -2.16. The number of carbonyl (C=O) groups excluding carboxylic acids is 3. The van der Waals surface area contributed by atoms with E-state index in [2.05, 4.69) is 15.0 Å². The first-order chi connectivity index (χ1) is 19.6. The Balaban J connectivity index is 1.49. The number of aryl methyl sites for hydroxylation is 1. The number of rotatable bonds is 12. The van der Waals surface area contributed by atoms with Crippen LogP contribution >= 0.6 is 0 Å². The fraction of sp³-hybridized carbons (Fsp3) is 0.480. The summed E-state index contributed by atoms with van der Waals surface area (Å²) in [5.74, 6) is -1.79. The molecule has 16 heteroatoms. The summed E-state index contributed by atoms with van der Waals surface area (Å²) < 4.78 is 32.6. The highest BCUT2D eigenvalue weighted by Crippen LogP contribution is 2.38. The first kappa shape index (κ1) is 30.7. The quantitative estimate of drug-likeness (QED) is 0.127. The average molecular weight is 576 g/mol. The van der Waals surface area contributed by atoms with Crippen LogP contribution in [-0.4, -0.2) is 67.5 Å². The molecule has 3 atom stereocenters. The summed E-state index contributed by atoms with van der Waals surface area (Å²) in [6.45, 7) is 1.24. The molecular formula is C25H29N5O11. The summed E-state index contributed by atoms with van der Waals surface area (Å²) in [7, 11) is 4.15. The lowest BCUT2D eigenvalue weighted by molar-refractivity contribution is -0.149. The standard InChI is InChI=1S/C25H29N5O11/c1-13-11-30(25(35)27-23(13)33)19-10-15(28-29-26)18(40-19)12-39-20(31)6-5-7-21(32)41-24(34)14-8-16(36-2)22(38-4)17(9-14)37-3/h8-9,11,15,18-19H,5-7,10,12H2,1-4H3,(H,27,33,35)/t15-,18+,19+/m0/s1. The van der Waals surface area contributed by atoms with Gasteiger partial charge < -0.3 is 28.4 Å². The minimum absolute atomic E-state index is 0.00371. The number of H-pyrrole nitrogens is 1. The molecule has 220 valence electrons. The first-order valence-electron chi connectivity index (χ1n) is 12.3. The van der Waals surface area contributed by atoms with Gasteiger partial charge in [-0.2, -0.15) is 0 Å². The number of carbonyl (C=O) groups is 3. The van der Waals surface area contributed by atoms with Gasteiger partial charge in [-0.05, 0) is 31.0 Å². The molecule has 2 heterocycles. The molecule has 0 aliphatic carbocycles. The van der Waals surface area contributed by atoms with Crippen LogP contribution in [0.25, 0.3) is 10.4 Å². The number of aromatic nitrogens is 2. The zero-order valence-electron chi connectivity index (χ0n) is 22.8. The summed E-state index contributed by atoms with van der Waals surface area (Å²) >= 11 is 0. The highest BCUT2D eigenvalue weighted by molar-refractivity contribution is 5.97. The summed E-state index contributed by atoms with van der Waals surface area (Å²) in [5, 5.41) is 3.66. The molecule has 0 bridgehead atoms. The van der Waals surface area contributed by atoms with Crippen LogP contribution in [0.4, 0.5) is 0 Å². The molecule has 1 aliphatic rings. The van der Waals surface area contributed by atoms with Gasteiger partial charge in [-0.3, -0.25) is 23.9 Å². The van der Waals surface area contributed by atoms with Crippen molar-refractivity contribution in [3.8, 4) is 17.2 Å². The van der Waals surface area contributed by atoms with E-state index in [1.807, 2.05) is 0 Å². The Morgan fingerprint density at radius 3 is 2.37 bits per heavy atom. The number of ether oxygens (including phenoxy) is 6. The summed E-state index contributed by atoms with van der Waals surface area (Å²) in [5.41, 5.74) is 7.94. The van der Waals surface area contributed by atoms with Crippen LogP contribution in [0.1, 0.15) is 47.8 Å². The number of hydrogen-bond acceptors (Lipinski definition) is 12. The van der Waals surface area contributed by atoms with Gasteiger partial charge in [0.2, 0.25) is 5.75 Å². The topological polar surface area (TPSA) is 210 Å². The molecule has 0 unspecified atom stereocenters. The van der Waals surface area contributed by atoms with Crippen molar-refractivity contribution in [2.75, 3.05) is 27.9 Å². The van der Waals surface area contributed by atoms with Crippen LogP contribution in [0, 0.1) is 6.92 Å². The number of hydrogen-bond donors (Lipinski definition) is 1. The van der Waals surface area contributed by atoms with E-state index >= 15 is 0 Å². The van der Waals surface area contributed by atoms with E-state index in [0.717, 1.165) is 0 Å². The Morgan fingerprint density at radius 1 is 1.10 bits per heavy atom. The van der Waals surface area contributed by atoms with Crippen molar-refractivity contribution in [3.63, 3.8) is 0 Å². The van der Waals surface area contributed by atoms with Gasteiger partial charge in [0.05, 0.1) is 32.9 Å². The van der Waals surface area contributed by atoms with E-state index in [0.29, 0.717) is 0 Å². The molecule has 3 rings (SSSR count). The van der Waals surface area contributed by atoms with Crippen LogP contribution in [0.15, 0.2) is 33.0 Å². The summed E-state index contributed by atoms with van der Waals surface area (Å²) in [6, 6.07) is 1.93. The average Bonchev–Trinajstić information content (AvgIpc) is 3.35. The molecule has 0 spiro atoms. The van der Waals surface area contributed by atoms with E-state index in [1.54, 1.807) is 0 Å². The highest BCUT2D eigenvalue weighted by atomic mass is 16.6. The second-order valence-corrected chi connectivity index (χ2v) is 8.83. The van der Waals surface area contributed by atoms with Gasteiger partial charge in [0, 0.05) is 35.9 Å². The lowest BCUT2D eigenvalue weighted by Crippen LogP contribution is -2.33. The fourth-order valence-corrected chi connectivity index (χ4v) is 4.06. The normalized spacial score (nSPS) is 17.7. The maximum absolute atomic E-state index is 12.4. The zero-order chi connectivity index (χ0) is 30.1. The smallest absolute Gasteiger partial charge is 0.346 e. The number of azide groups is 1. The van der Waals surface area contributed by atoms with E-state index in [4.69, 9.17) is 34.0 Å². The molecule has 1 aromatic heterocycles. The Morgan fingerprint density at radius 2 is 1.76 bits per heavy atom. The second kappa shape index (κ2) is 14.0. The monoisotopic (exact) mass is 575 g/mol. The molecular weight excluding hydrogens is 546 g/mol. The molecule has 1 aromatic carbocycles. The molecule has 2 aromatic rings. The summed E-state index contributed by atoms with van der Waals surface area (Å²) in [6.07, 6.45) is -0.643. The molecule has 0 radical (unpaired) electrons. The van der Waals surface area contributed by atoms with Crippen molar-refractivity contribution >= 4 is 17.9 Å². The lowest BCUT2D eigenvalue weighted by atomic mass is 10.1. The Hall–Kier alpha value is -4.82. The molecule has 0 amide bonds. The maximum atomic E-state index is 12.4. The van der Waals surface area contributed by atoms with Gasteiger partial charge in [-0.1, -0.05) is 5.11 Å². The van der Waals surface area contributed by atoms with E-state index in [1.165, 1.54) is 51.1 Å². The minimum atomic E-state index is -0.939. The maximum Gasteiger partial charge on any atom is 0.346 e. The zero-order valence-corrected chi connectivity index (χ0v) is 22.8. The third kappa shape index (κ3) is 7.64. The Bertz CT molecular complexity index is 1440. The van der Waals surface area contributed by atoms with Crippen LogP contribution in [0.5, 0.6) is 17.2 Å². The largest absolute Gasteiger partial charge is 0.493 e. The number of benzene rings is 1. The van der Waals surface area contributed by atoms with E-state index in [-0.39, 0.29) is 60.7 Å². The molecule has 1 saturated heterocycles. The van der Waals surface area contributed by atoms with E-state index in [9.17, 15) is 24.0 Å². The van der Waals surface area contributed by atoms with Crippen LogP contribution in [-0.2, 0) is 23.8 Å². The molecule has 16 nitrogen and oxygen atoms in total. The van der Waals surface area contributed by atoms with Gasteiger partial charge in [0.15, 0.2) is 11.5 Å². The van der Waals surface area contributed by atoms with Crippen molar-refractivity contribution in [2.45, 2.75) is 51.0 Å². The highest BCUT2D eigenvalue weighted by Gasteiger charge is 2.37. The molecule has 1 aliphatic heterocycles. The summed E-state index contributed by atoms with van der Waals surface area (Å²) in [4.78, 5) is 65.6. The van der Waals surface area contributed by atoms with Gasteiger partial charge in [0.25, 0.3) is 5.56 Å². The number of methoxy groups -OCH3 is 3. The van der Waals surface area contributed by atoms with Crippen molar-refractivity contribution in [3.05, 3.63) is 60.7 Å². The number of esters is 3. The third-order valence-electron chi connectivity index (χ3n) is 6.14. The minimum Gasteiger partial charge on any atom is -0.493 e. The third-order valence-corrected chi connectivity index (χ3v) is 6.14. The van der Waals surface area contributed by atoms with Crippen LogP contribution in [0.3, 0.4) is 0 Å². The number of nitrogens with zero attached hydrogens (tertiary/aromatic N) is 4. The SMILES string of the molecule is COc1cc(C(=O)OC(=O)CCCC(=O)OC[C@H]2O[C@@H](n3cc(C)c(=O)[nH]c3=O)C[C@@H]2N=[N+]=[N-])cc(OC)c1OC. The van der Waals surface area contributed by atoms with Crippen molar-refractivity contribution in [2.24, 2.45) is 5.11 Å². The number of aromatic amines is 1. The second-order valence-electron chi connectivity index (χ2n) is 8.83. The van der Waals surface area contributed by atoms with Gasteiger partial charge in [0.1, 0.15) is 18.9 Å². The Labute approximate surface area is 232 Å². The predicted octanol–water partition coefficient (Wildman–Crippen LogP) is 1.93. The van der Waals surface area contributed by atoms with Crippen molar-refractivity contribution in [1.29, 1.82) is 0 Å². The molecule has 1 N–H and O–H groups in total. The number of nitrogens with one attached hydrogen (secondary N) is 1. The molecule has 1 fully saturated rings. The predicted molar refractivity (Wildman–Crippen MR) is 139 cm³/mol. The molecule has 0 saturated carbocycles. The molecule has 41 heavy (non-hydrogen) atoms. The van der Waals surface area contributed by atoms with Gasteiger partial charge in [-0.25, -0.2) is 9.59 Å². The van der Waals surface area contributed by atoms with Crippen LogP contribution < -0.4 is 25.5 Å². The van der Waals surface area contributed by atoms with Gasteiger partial charge >= 0.3 is 23.6 Å². The van der Waals surface area contributed by atoms with Crippen molar-refractivity contribution in [1.82, 2.24) is 9.55 Å². The van der Waals surface area contributed by atoms with Crippen molar-refractivity contribution < 1.29 is 42.8 Å². The first-order valence-corrected chi connectivity index (χ1v) is 12.3. The van der Waals surface area contributed by atoms with E-state index < -0.39 is 47.5 Å². The Kier molecular flexibility index (Phi) is 10.5. The fourth-order valence-electron chi connectivity index (χ4n) is 4.06. The van der Waals surface area contributed by atoms with Crippen LogP contribution in [0.2, 0.25) is 0 Å². The van der Waals surface area contributed by atoms with Gasteiger partial charge in [-0.15, -0.1) is 0 Å².